The maximum absolute atomic E-state index is 11.6. The fraction of sp³-hybridized carbons (Fsp3) is 0.667. The van der Waals surface area contributed by atoms with Crippen LogP contribution in [0.5, 0.6) is 0 Å². The summed E-state index contributed by atoms with van der Waals surface area (Å²) in [6.45, 7) is 5.15. The molecule has 0 saturated carbocycles. The zero-order valence-corrected chi connectivity index (χ0v) is 5.40. The van der Waals surface area contributed by atoms with Gasteiger partial charge in [0.1, 0.15) is 0 Å². The molecule has 1 nitrogen and oxygen atoms in total. The summed E-state index contributed by atoms with van der Waals surface area (Å²) in [6, 6.07) is -1.04. The molecular weight excluding hydrogens is 124 g/mol. The maximum Gasteiger partial charge on any atom is 0.253 e. The second-order valence-electron chi connectivity index (χ2n) is 2.16. The topological polar surface area (TPSA) is 26.0 Å². The Bertz CT molecular complexity index is 101. The highest BCUT2D eigenvalue weighted by Gasteiger charge is 2.13. The summed E-state index contributed by atoms with van der Waals surface area (Å²) in [5, 5.41) is 0. The first-order chi connectivity index (χ1) is 4.04. The van der Waals surface area contributed by atoms with Crippen LogP contribution in [0, 0.1) is 0 Å². The Kier molecular flexibility index (Phi) is 3.39. The van der Waals surface area contributed by atoms with Gasteiger partial charge in [0.2, 0.25) is 0 Å². The Morgan fingerprint density at radius 2 is 2.11 bits per heavy atom. The normalized spacial score (nSPS) is 13.9. The molecule has 3 heteroatoms. The molecule has 0 amide bonds. The predicted molar refractivity (Wildman–Crippen MR) is 33.4 cm³/mol. The molecule has 1 unspecified atom stereocenters. The summed E-state index contributed by atoms with van der Waals surface area (Å²) in [5.41, 5.74) is 5.70. The molecular formula is C6H11F2N. The SMILES string of the molecule is C=C(C)CC(N)C(F)F. The van der Waals surface area contributed by atoms with Crippen LogP contribution >= 0.6 is 0 Å². The quantitative estimate of drug-likeness (QED) is 0.584. The third-order valence-electron chi connectivity index (χ3n) is 0.908. The lowest BCUT2D eigenvalue weighted by Gasteiger charge is -2.08. The van der Waals surface area contributed by atoms with Gasteiger partial charge in [-0.3, -0.25) is 0 Å². The van der Waals surface area contributed by atoms with Crippen molar-refractivity contribution in [1.82, 2.24) is 0 Å². The first-order valence-electron chi connectivity index (χ1n) is 2.72. The Morgan fingerprint density at radius 1 is 1.67 bits per heavy atom. The molecule has 0 radical (unpaired) electrons. The molecule has 0 fully saturated rings. The van der Waals surface area contributed by atoms with Gasteiger partial charge in [-0.1, -0.05) is 5.57 Å². The van der Waals surface area contributed by atoms with Crippen molar-refractivity contribution in [2.24, 2.45) is 5.73 Å². The molecule has 0 spiro atoms. The molecule has 0 aromatic carbocycles. The second-order valence-corrected chi connectivity index (χ2v) is 2.16. The lowest BCUT2D eigenvalue weighted by molar-refractivity contribution is 0.116. The molecule has 54 valence electrons. The number of rotatable bonds is 3. The number of nitrogens with two attached hydrogens (primary N) is 1. The first kappa shape index (κ1) is 8.56. The first-order valence-corrected chi connectivity index (χ1v) is 2.72. The second kappa shape index (κ2) is 3.56. The van der Waals surface area contributed by atoms with Crippen molar-refractivity contribution < 1.29 is 8.78 Å². The average Bonchev–Trinajstić information content (AvgIpc) is 1.63. The molecule has 0 bridgehead atoms. The van der Waals surface area contributed by atoms with Crippen molar-refractivity contribution in [2.45, 2.75) is 25.8 Å². The smallest absolute Gasteiger partial charge is 0.253 e. The van der Waals surface area contributed by atoms with E-state index < -0.39 is 12.5 Å². The molecule has 0 heterocycles. The van der Waals surface area contributed by atoms with Crippen molar-refractivity contribution in [3.05, 3.63) is 12.2 Å². The number of hydrogen-bond donors (Lipinski definition) is 1. The highest BCUT2D eigenvalue weighted by Crippen LogP contribution is 2.06. The third-order valence-corrected chi connectivity index (χ3v) is 0.908. The van der Waals surface area contributed by atoms with E-state index in [-0.39, 0.29) is 6.42 Å². The Hall–Kier alpha value is -0.440. The van der Waals surface area contributed by atoms with E-state index in [0.717, 1.165) is 0 Å². The van der Waals surface area contributed by atoms with E-state index in [9.17, 15) is 8.78 Å². The van der Waals surface area contributed by atoms with Gasteiger partial charge in [0.25, 0.3) is 6.43 Å². The highest BCUT2D eigenvalue weighted by atomic mass is 19.3. The summed E-state index contributed by atoms with van der Waals surface area (Å²) >= 11 is 0. The third kappa shape index (κ3) is 4.09. The van der Waals surface area contributed by atoms with Crippen LogP contribution in [0.25, 0.3) is 0 Å². The van der Waals surface area contributed by atoms with Crippen LogP contribution < -0.4 is 5.73 Å². The van der Waals surface area contributed by atoms with E-state index in [1.54, 1.807) is 6.92 Å². The fourth-order valence-corrected chi connectivity index (χ4v) is 0.491. The van der Waals surface area contributed by atoms with Gasteiger partial charge in [-0.25, -0.2) is 8.78 Å². The van der Waals surface area contributed by atoms with E-state index >= 15 is 0 Å². The van der Waals surface area contributed by atoms with E-state index in [0.29, 0.717) is 5.57 Å². The molecule has 1 atom stereocenters. The van der Waals surface area contributed by atoms with Crippen LogP contribution in [-0.4, -0.2) is 12.5 Å². The van der Waals surface area contributed by atoms with Crippen LogP contribution in [0.4, 0.5) is 8.78 Å². The van der Waals surface area contributed by atoms with Crippen LogP contribution in [0.3, 0.4) is 0 Å². The summed E-state index contributed by atoms with van der Waals surface area (Å²) in [5.74, 6) is 0. The molecule has 2 N–H and O–H groups in total. The molecule has 0 aliphatic carbocycles. The monoisotopic (exact) mass is 135 g/mol. The van der Waals surface area contributed by atoms with Crippen molar-refractivity contribution in [3.8, 4) is 0 Å². The molecule has 0 aromatic heterocycles. The summed E-state index contributed by atoms with van der Waals surface area (Å²) < 4.78 is 23.2. The summed E-state index contributed by atoms with van der Waals surface area (Å²) in [6.07, 6.45) is -2.22. The van der Waals surface area contributed by atoms with Gasteiger partial charge in [0.15, 0.2) is 0 Å². The zero-order chi connectivity index (χ0) is 7.44. The average molecular weight is 135 g/mol. The van der Waals surface area contributed by atoms with Crippen molar-refractivity contribution in [3.63, 3.8) is 0 Å². The number of alkyl halides is 2. The minimum Gasteiger partial charge on any atom is -0.323 e. The maximum atomic E-state index is 11.6. The summed E-state index contributed by atoms with van der Waals surface area (Å²) in [7, 11) is 0. The van der Waals surface area contributed by atoms with Crippen molar-refractivity contribution in [1.29, 1.82) is 0 Å². The van der Waals surface area contributed by atoms with E-state index in [1.165, 1.54) is 0 Å². The van der Waals surface area contributed by atoms with Gasteiger partial charge in [0.05, 0.1) is 6.04 Å². The fourth-order valence-electron chi connectivity index (χ4n) is 0.491. The molecule has 9 heavy (non-hydrogen) atoms. The predicted octanol–water partition coefficient (Wildman–Crippen LogP) is 1.54. The highest BCUT2D eigenvalue weighted by molar-refractivity contribution is 4.92. The van der Waals surface area contributed by atoms with Crippen LogP contribution in [0.2, 0.25) is 0 Å². The van der Waals surface area contributed by atoms with Gasteiger partial charge in [-0.2, -0.15) is 0 Å². The molecule has 0 aromatic rings. The van der Waals surface area contributed by atoms with E-state index in [4.69, 9.17) is 5.73 Å². The van der Waals surface area contributed by atoms with Gasteiger partial charge in [-0.15, -0.1) is 6.58 Å². The zero-order valence-electron chi connectivity index (χ0n) is 5.40. The molecule has 0 aliphatic heterocycles. The molecule has 0 aliphatic rings. The van der Waals surface area contributed by atoms with E-state index in [2.05, 4.69) is 6.58 Å². The van der Waals surface area contributed by atoms with Crippen LogP contribution in [-0.2, 0) is 0 Å². The van der Waals surface area contributed by atoms with Crippen LogP contribution in [0.15, 0.2) is 12.2 Å². The Morgan fingerprint density at radius 3 is 2.22 bits per heavy atom. The standard InChI is InChI=1S/C6H11F2N/c1-4(2)3-5(9)6(7)8/h5-6H,1,3,9H2,2H3. The Balaban J connectivity index is 3.50. The lowest BCUT2D eigenvalue weighted by atomic mass is 10.1. The van der Waals surface area contributed by atoms with Gasteiger partial charge >= 0.3 is 0 Å². The molecule has 0 rings (SSSR count). The molecule has 0 saturated heterocycles. The van der Waals surface area contributed by atoms with Crippen molar-refractivity contribution in [2.75, 3.05) is 0 Å². The minimum absolute atomic E-state index is 0.206. The largest absolute Gasteiger partial charge is 0.323 e. The van der Waals surface area contributed by atoms with Gasteiger partial charge in [0, 0.05) is 0 Å². The van der Waals surface area contributed by atoms with Crippen LogP contribution in [0.1, 0.15) is 13.3 Å². The van der Waals surface area contributed by atoms with Gasteiger partial charge in [-0.05, 0) is 13.3 Å². The lowest BCUT2D eigenvalue weighted by Crippen LogP contribution is -2.28. The number of hydrogen-bond acceptors (Lipinski definition) is 1. The number of halogens is 2. The summed E-state index contributed by atoms with van der Waals surface area (Å²) in [4.78, 5) is 0. The van der Waals surface area contributed by atoms with Gasteiger partial charge < -0.3 is 5.73 Å². The van der Waals surface area contributed by atoms with Crippen molar-refractivity contribution >= 4 is 0 Å². The minimum atomic E-state index is -2.43. The Labute approximate surface area is 53.5 Å². The van der Waals surface area contributed by atoms with E-state index in [1.807, 2.05) is 0 Å².